The molecule has 11 aromatic rings. The van der Waals surface area contributed by atoms with Crippen LogP contribution in [0.2, 0.25) is 0 Å². The van der Waals surface area contributed by atoms with E-state index >= 15 is 0 Å². The summed E-state index contributed by atoms with van der Waals surface area (Å²) in [7, 11) is 0. The summed E-state index contributed by atoms with van der Waals surface area (Å²) < 4.78 is 6.70. The fraction of sp³-hybridized carbons (Fsp3) is 0. The number of furan rings is 1. The van der Waals surface area contributed by atoms with Crippen molar-refractivity contribution in [1.82, 2.24) is 0 Å². The average Bonchev–Trinajstić information content (AvgIpc) is 3.67. The Labute approximate surface area is 325 Å². The molecule has 0 saturated carbocycles. The monoisotopic (exact) mass is 713 g/mol. The molecule has 2 heteroatoms. The van der Waals surface area contributed by atoms with Crippen molar-refractivity contribution in [2.75, 3.05) is 4.90 Å². The van der Waals surface area contributed by atoms with E-state index in [-0.39, 0.29) is 0 Å². The highest BCUT2D eigenvalue weighted by molar-refractivity contribution is 6.19. The van der Waals surface area contributed by atoms with Crippen LogP contribution in [-0.4, -0.2) is 0 Å². The van der Waals surface area contributed by atoms with E-state index in [4.69, 9.17) is 4.42 Å². The predicted molar refractivity (Wildman–Crippen MR) is 237 cm³/mol. The normalized spacial score (nSPS) is 11.6. The lowest BCUT2D eigenvalue weighted by Gasteiger charge is -2.27. The maximum Gasteiger partial charge on any atom is 0.143 e. The number of benzene rings is 10. The molecular weight excluding hydrogens is 679 g/mol. The molecule has 1 aromatic heterocycles. The molecule has 0 amide bonds. The van der Waals surface area contributed by atoms with Gasteiger partial charge in [-0.05, 0) is 109 Å². The van der Waals surface area contributed by atoms with Crippen molar-refractivity contribution in [2.24, 2.45) is 0 Å². The first-order chi connectivity index (χ1) is 27.8. The Morgan fingerprint density at radius 3 is 1.75 bits per heavy atom. The second kappa shape index (κ2) is 13.2. The van der Waals surface area contributed by atoms with Gasteiger partial charge in [0.05, 0.1) is 11.1 Å². The molecule has 0 aliphatic rings. The van der Waals surface area contributed by atoms with Crippen molar-refractivity contribution in [3.05, 3.63) is 212 Å². The molecule has 0 atom stereocenters. The summed E-state index contributed by atoms with van der Waals surface area (Å²) in [6.45, 7) is 0. The van der Waals surface area contributed by atoms with Crippen LogP contribution in [0.4, 0.5) is 17.1 Å². The minimum atomic E-state index is 0.866. The van der Waals surface area contributed by atoms with Crippen LogP contribution in [0.15, 0.2) is 217 Å². The SMILES string of the molecule is c1ccc(-c2cccc3cccc(-c4ccc(N(c5cccc(-c6ccc7ccccc7c6)c5)c5cccc6oc7c8ccccc8ccc7c56)cc4)c23)cc1. The van der Waals surface area contributed by atoms with E-state index in [0.29, 0.717) is 0 Å². The molecule has 0 bridgehead atoms. The molecular formula is C54H35NO. The van der Waals surface area contributed by atoms with Crippen LogP contribution in [0.5, 0.6) is 0 Å². The molecule has 0 N–H and O–H groups in total. The van der Waals surface area contributed by atoms with Crippen LogP contribution in [0.25, 0.3) is 87.6 Å². The first kappa shape index (κ1) is 32.0. The summed E-state index contributed by atoms with van der Waals surface area (Å²) >= 11 is 0. The van der Waals surface area contributed by atoms with Gasteiger partial charge in [-0.1, -0.05) is 164 Å². The first-order valence-corrected chi connectivity index (χ1v) is 19.2. The molecule has 0 saturated heterocycles. The molecule has 11 rings (SSSR count). The molecule has 0 radical (unpaired) electrons. The van der Waals surface area contributed by atoms with Gasteiger partial charge in [0.15, 0.2) is 0 Å². The van der Waals surface area contributed by atoms with E-state index in [1.54, 1.807) is 0 Å². The Morgan fingerprint density at radius 2 is 0.929 bits per heavy atom. The molecule has 0 aliphatic carbocycles. The van der Waals surface area contributed by atoms with Gasteiger partial charge in [0, 0.05) is 22.1 Å². The summed E-state index contributed by atoms with van der Waals surface area (Å²) in [5.41, 5.74) is 12.2. The zero-order valence-electron chi connectivity index (χ0n) is 30.6. The number of fused-ring (bicyclic) bond motifs is 7. The van der Waals surface area contributed by atoms with Gasteiger partial charge in [-0.2, -0.15) is 0 Å². The average molecular weight is 714 g/mol. The summed E-state index contributed by atoms with van der Waals surface area (Å²) in [6, 6.07) is 76.5. The van der Waals surface area contributed by atoms with Crippen molar-refractivity contribution in [3.8, 4) is 33.4 Å². The fourth-order valence-corrected chi connectivity index (χ4v) is 8.57. The van der Waals surface area contributed by atoms with Gasteiger partial charge >= 0.3 is 0 Å². The predicted octanol–water partition coefficient (Wildman–Crippen LogP) is 15.5. The highest BCUT2D eigenvalue weighted by atomic mass is 16.3. The van der Waals surface area contributed by atoms with Gasteiger partial charge in [-0.15, -0.1) is 0 Å². The van der Waals surface area contributed by atoms with Crippen LogP contribution in [-0.2, 0) is 0 Å². The second-order valence-electron chi connectivity index (χ2n) is 14.5. The maximum absolute atomic E-state index is 6.70. The molecule has 2 nitrogen and oxygen atoms in total. The maximum atomic E-state index is 6.70. The molecule has 0 spiro atoms. The molecule has 10 aromatic carbocycles. The van der Waals surface area contributed by atoms with Gasteiger partial charge < -0.3 is 9.32 Å². The van der Waals surface area contributed by atoms with E-state index in [0.717, 1.165) is 50.0 Å². The third-order valence-corrected chi connectivity index (χ3v) is 11.2. The van der Waals surface area contributed by atoms with E-state index in [1.165, 1.54) is 54.7 Å². The van der Waals surface area contributed by atoms with Gasteiger partial charge in [0.1, 0.15) is 11.2 Å². The van der Waals surface area contributed by atoms with Crippen molar-refractivity contribution in [1.29, 1.82) is 0 Å². The summed E-state index contributed by atoms with van der Waals surface area (Å²) in [4.78, 5) is 2.39. The molecule has 0 unspecified atom stereocenters. The number of hydrogen-bond donors (Lipinski definition) is 0. The van der Waals surface area contributed by atoms with Crippen molar-refractivity contribution >= 4 is 71.3 Å². The summed E-state index contributed by atoms with van der Waals surface area (Å²) in [6.07, 6.45) is 0. The van der Waals surface area contributed by atoms with Crippen LogP contribution in [0, 0.1) is 0 Å². The van der Waals surface area contributed by atoms with Crippen molar-refractivity contribution in [3.63, 3.8) is 0 Å². The van der Waals surface area contributed by atoms with Crippen LogP contribution < -0.4 is 4.90 Å². The van der Waals surface area contributed by atoms with Gasteiger partial charge in [-0.25, -0.2) is 0 Å². The zero-order valence-corrected chi connectivity index (χ0v) is 30.6. The zero-order chi connectivity index (χ0) is 37.0. The lowest BCUT2D eigenvalue weighted by molar-refractivity contribution is 0.672. The van der Waals surface area contributed by atoms with Crippen molar-refractivity contribution < 1.29 is 4.42 Å². The largest absolute Gasteiger partial charge is 0.455 e. The lowest BCUT2D eigenvalue weighted by Crippen LogP contribution is -2.10. The number of rotatable bonds is 6. The molecule has 0 aliphatic heterocycles. The summed E-state index contributed by atoms with van der Waals surface area (Å²) in [5.74, 6) is 0. The molecule has 1 heterocycles. The first-order valence-electron chi connectivity index (χ1n) is 19.2. The van der Waals surface area contributed by atoms with E-state index < -0.39 is 0 Å². The third-order valence-electron chi connectivity index (χ3n) is 11.2. The van der Waals surface area contributed by atoms with Crippen LogP contribution >= 0.6 is 0 Å². The lowest BCUT2D eigenvalue weighted by atomic mass is 9.91. The molecule has 56 heavy (non-hydrogen) atoms. The minimum absolute atomic E-state index is 0.866. The second-order valence-corrected chi connectivity index (χ2v) is 14.5. The van der Waals surface area contributed by atoms with E-state index in [1.807, 2.05) is 0 Å². The van der Waals surface area contributed by atoms with Gasteiger partial charge in [-0.3, -0.25) is 0 Å². The highest BCUT2D eigenvalue weighted by Crippen LogP contribution is 2.46. The Morgan fingerprint density at radius 1 is 0.321 bits per heavy atom. The van der Waals surface area contributed by atoms with Gasteiger partial charge in [0.2, 0.25) is 0 Å². The minimum Gasteiger partial charge on any atom is -0.455 e. The standard InChI is InChI=1S/C54H35NO/c1-2-13-37(14-3-1)46-22-9-17-40-18-10-23-47(52(40)46)39-28-31-44(32-29-39)55(45-20-8-19-42(35-45)43-27-26-36-12-4-5-16-41(36)34-43)50-24-11-25-51-53(50)49-33-30-38-15-6-7-21-48(38)54(49)56-51/h1-35H. The van der Waals surface area contributed by atoms with Crippen LogP contribution in [0.3, 0.4) is 0 Å². The van der Waals surface area contributed by atoms with Gasteiger partial charge in [0.25, 0.3) is 0 Å². The Bertz CT molecular complexity index is 3240. The Hall–Kier alpha value is -7.42. The highest BCUT2D eigenvalue weighted by Gasteiger charge is 2.21. The smallest absolute Gasteiger partial charge is 0.143 e. The van der Waals surface area contributed by atoms with E-state index in [9.17, 15) is 0 Å². The topological polar surface area (TPSA) is 16.4 Å². The summed E-state index contributed by atoms with van der Waals surface area (Å²) in [5, 5.41) is 9.43. The number of nitrogens with zero attached hydrogens (tertiary/aromatic N) is 1. The fourth-order valence-electron chi connectivity index (χ4n) is 8.57. The number of anilines is 3. The molecule has 262 valence electrons. The van der Waals surface area contributed by atoms with E-state index in [2.05, 4.69) is 217 Å². The number of hydrogen-bond acceptors (Lipinski definition) is 2. The third kappa shape index (κ3) is 5.34. The van der Waals surface area contributed by atoms with Crippen molar-refractivity contribution in [2.45, 2.75) is 0 Å². The molecule has 0 fully saturated rings. The van der Waals surface area contributed by atoms with Crippen LogP contribution in [0.1, 0.15) is 0 Å². The quantitative estimate of drug-likeness (QED) is 0.171. The Kier molecular flexibility index (Phi) is 7.53. The Balaban J connectivity index is 1.11.